The van der Waals surface area contributed by atoms with Crippen LogP contribution in [0.2, 0.25) is 0 Å². The minimum Gasteiger partial charge on any atom is -0.504 e. The first-order valence-electron chi connectivity index (χ1n) is 14.3. The molecule has 0 spiro atoms. The van der Waals surface area contributed by atoms with Crippen molar-refractivity contribution in [3.05, 3.63) is 130 Å². The number of para-hydroxylation sites is 4. The van der Waals surface area contributed by atoms with Gasteiger partial charge in [-0.3, -0.25) is 9.98 Å². The Labute approximate surface area is 271 Å². The highest BCUT2D eigenvalue weighted by Gasteiger charge is 2.14. The van der Waals surface area contributed by atoms with Gasteiger partial charge in [0.2, 0.25) is 0 Å². The molecule has 0 radical (unpaired) electrons. The smallest absolute Gasteiger partial charge is 0.166 e. The number of phenolic OH excluding ortho intramolecular Hbond substituents is 4. The molecule has 0 aliphatic heterocycles. The van der Waals surface area contributed by atoms with Gasteiger partial charge in [-0.15, -0.1) is 23.5 Å². The summed E-state index contributed by atoms with van der Waals surface area (Å²) in [6.45, 7) is 6.50. The number of hydrogen-bond acceptors (Lipinski definition) is 8. The number of benzene rings is 5. The summed E-state index contributed by atoms with van der Waals surface area (Å²) >= 11 is 3.44. The molecule has 0 saturated carbocycles. The number of aromatic hydroxyl groups is 4. The van der Waals surface area contributed by atoms with Crippen LogP contribution in [0.15, 0.2) is 111 Å². The van der Waals surface area contributed by atoms with Crippen molar-refractivity contribution in [2.24, 2.45) is 9.98 Å². The fraction of sp³-hybridized carbons (Fsp3) is 0.135. The van der Waals surface area contributed by atoms with E-state index in [-0.39, 0.29) is 23.0 Å². The Hall–Kier alpha value is -4.66. The fourth-order valence-electron chi connectivity index (χ4n) is 4.97. The van der Waals surface area contributed by atoms with Gasteiger partial charge in [0.25, 0.3) is 0 Å². The fourth-order valence-corrected chi connectivity index (χ4v) is 7.35. The quantitative estimate of drug-likeness (QED) is 0.0693. The Morgan fingerprint density at radius 3 is 1.42 bits per heavy atom. The first kappa shape index (κ1) is 31.8. The topological polar surface area (TPSA) is 106 Å². The van der Waals surface area contributed by atoms with Crippen LogP contribution in [-0.4, -0.2) is 32.9 Å². The highest BCUT2D eigenvalue weighted by molar-refractivity contribution is 7.99. The highest BCUT2D eigenvalue weighted by atomic mass is 32.2. The van der Waals surface area contributed by atoms with E-state index in [1.54, 1.807) is 60.2 Å². The molecule has 0 amide bonds. The first-order chi connectivity index (χ1) is 21.7. The van der Waals surface area contributed by atoms with Crippen LogP contribution in [0.25, 0.3) is 0 Å². The summed E-state index contributed by atoms with van der Waals surface area (Å²) in [5.74, 6) is 0.819. The van der Waals surface area contributed by atoms with E-state index in [0.29, 0.717) is 11.1 Å². The molecule has 8 heteroatoms. The van der Waals surface area contributed by atoms with Crippen LogP contribution in [0.1, 0.15) is 38.9 Å². The SMILES string of the molecule is Cc1cc(C)c(CSc2ccccc2N=Cc2cccc(O)c2O)c(C)c1CSc1ccccc1N=Cc1cccc(O)c1O. The molecular weight excluding hydrogens is 601 g/mol. The number of aryl methyl sites for hydroxylation is 2. The molecule has 0 bridgehead atoms. The summed E-state index contributed by atoms with van der Waals surface area (Å²) in [6.07, 6.45) is 3.14. The van der Waals surface area contributed by atoms with Crippen LogP contribution in [-0.2, 0) is 11.5 Å². The van der Waals surface area contributed by atoms with Gasteiger partial charge in [0.15, 0.2) is 23.0 Å². The summed E-state index contributed by atoms with van der Waals surface area (Å²) in [5.41, 5.74) is 8.82. The molecule has 4 N–H and O–H groups in total. The van der Waals surface area contributed by atoms with Crippen molar-refractivity contribution < 1.29 is 20.4 Å². The van der Waals surface area contributed by atoms with E-state index in [0.717, 1.165) is 32.7 Å². The summed E-state index contributed by atoms with van der Waals surface area (Å²) in [7, 11) is 0. The highest BCUT2D eigenvalue weighted by Crippen LogP contribution is 2.38. The van der Waals surface area contributed by atoms with E-state index in [1.165, 1.54) is 39.9 Å². The molecule has 0 saturated heterocycles. The summed E-state index contributed by atoms with van der Waals surface area (Å²) in [5, 5.41) is 40.0. The van der Waals surface area contributed by atoms with Crippen LogP contribution >= 0.6 is 23.5 Å². The second-order valence-electron chi connectivity index (χ2n) is 10.6. The van der Waals surface area contributed by atoms with Crippen molar-refractivity contribution in [2.75, 3.05) is 0 Å². The van der Waals surface area contributed by atoms with Crippen molar-refractivity contribution in [1.82, 2.24) is 0 Å². The van der Waals surface area contributed by atoms with Crippen molar-refractivity contribution in [1.29, 1.82) is 0 Å². The Balaban J connectivity index is 1.34. The van der Waals surface area contributed by atoms with E-state index in [2.05, 4.69) is 36.8 Å². The van der Waals surface area contributed by atoms with Crippen molar-refractivity contribution in [3.8, 4) is 23.0 Å². The number of nitrogens with zero attached hydrogens (tertiary/aromatic N) is 2. The maximum atomic E-state index is 10.2. The number of phenols is 4. The summed E-state index contributed by atoms with van der Waals surface area (Å²) < 4.78 is 0. The van der Waals surface area contributed by atoms with Gasteiger partial charge in [-0.25, -0.2) is 0 Å². The molecule has 228 valence electrons. The monoisotopic (exact) mass is 634 g/mol. The molecule has 45 heavy (non-hydrogen) atoms. The van der Waals surface area contributed by atoms with Crippen LogP contribution in [0.5, 0.6) is 23.0 Å². The molecule has 6 nitrogen and oxygen atoms in total. The Morgan fingerprint density at radius 1 is 0.556 bits per heavy atom. The minimum atomic E-state index is -0.187. The Bertz CT molecular complexity index is 1770. The molecule has 5 aromatic carbocycles. The van der Waals surface area contributed by atoms with E-state index in [9.17, 15) is 20.4 Å². The predicted molar refractivity (Wildman–Crippen MR) is 187 cm³/mol. The van der Waals surface area contributed by atoms with E-state index in [1.807, 2.05) is 48.5 Å². The molecule has 0 fully saturated rings. The van der Waals surface area contributed by atoms with Crippen LogP contribution < -0.4 is 0 Å². The zero-order valence-electron chi connectivity index (χ0n) is 25.2. The average Bonchev–Trinajstić information content (AvgIpc) is 3.03. The molecule has 0 aromatic heterocycles. The van der Waals surface area contributed by atoms with Crippen LogP contribution in [0, 0.1) is 20.8 Å². The number of rotatable bonds is 10. The van der Waals surface area contributed by atoms with Crippen molar-refractivity contribution >= 4 is 47.3 Å². The Morgan fingerprint density at radius 2 is 0.978 bits per heavy atom. The van der Waals surface area contributed by atoms with Crippen LogP contribution in [0.3, 0.4) is 0 Å². The molecule has 5 aromatic rings. The lowest BCUT2D eigenvalue weighted by Crippen LogP contribution is -2.00. The third-order valence-electron chi connectivity index (χ3n) is 7.54. The third kappa shape index (κ3) is 7.53. The van der Waals surface area contributed by atoms with E-state index in [4.69, 9.17) is 0 Å². The molecule has 0 aliphatic carbocycles. The normalized spacial score (nSPS) is 11.5. The maximum absolute atomic E-state index is 10.2. The second kappa shape index (κ2) is 14.4. The zero-order valence-corrected chi connectivity index (χ0v) is 26.9. The van der Waals surface area contributed by atoms with Crippen molar-refractivity contribution in [3.63, 3.8) is 0 Å². The Kier molecular flexibility index (Phi) is 10.2. The molecule has 0 unspecified atom stereocenters. The first-order valence-corrected chi connectivity index (χ1v) is 16.3. The summed E-state index contributed by atoms with van der Waals surface area (Å²) in [4.78, 5) is 11.3. The number of hydrogen-bond donors (Lipinski definition) is 4. The van der Waals surface area contributed by atoms with Crippen LogP contribution in [0.4, 0.5) is 11.4 Å². The summed E-state index contributed by atoms with van der Waals surface area (Å²) in [6, 6.07) is 27.7. The lowest BCUT2D eigenvalue weighted by Gasteiger charge is -2.18. The van der Waals surface area contributed by atoms with E-state index < -0.39 is 0 Å². The molecule has 0 atom stereocenters. The van der Waals surface area contributed by atoms with Gasteiger partial charge in [0, 0.05) is 44.9 Å². The van der Waals surface area contributed by atoms with Gasteiger partial charge < -0.3 is 20.4 Å². The van der Waals surface area contributed by atoms with Gasteiger partial charge >= 0.3 is 0 Å². The number of aliphatic imine (C=N–C) groups is 2. The van der Waals surface area contributed by atoms with Gasteiger partial charge in [-0.1, -0.05) is 42.5 Å². The molecule has 0 aliphatic rings. The van der Waals surface area contributed by atoms with Gasteiger partial charge in [-0.2, -0.15) is 0 Å². The molecular formula is C37H34N2O4S2. The molecule has 0 heterocycles. The lowest BCUT2D eigenvalue weighted by molar-refractivity contribution is 0.403. The van der Waals surface area contributed by atoms with E-state index >= 15 is 0 Å². The second-order valence-corrected chi connectivity index (χ2v) is 12.6. The van der Waals surface area contributed by atoms with Gasteiger partial charge in [0.1, 0.15) is 0 Å². The standard InChI is InChI=1S/C37H34N2O4S2/c1-23-18-24(2)29(22-45-35-17-7-5-13-31(35)39-20-27-11-9-15-33(41)37(27)43)25(3)28(23)21-44-34-16-6-4-12-30(34)38-19-26-10-8-14-32(40)36(26)42/h4-20,40-43H,21-22H2,1-3H3. The van der Waals surface area contributed by atoms with Crippen molar-refractivity contribution in [2.45, 2.75) is 42.1 Å². The predicted octanol–water partition coefficient (Wildman–Crippen LogP) is 9.52. The van der Waals surface area contributed by atoms with Gasteiger partial charge in [-0.05, 0) is 97.1 Å². The number of thioether (sulfide) groups is 2. The third-order valence-corrected chi connectivity index (χ3v) is 9.72. The average molecular weight is 635 g/mol. The maximum Gasteiger partial charge on any atom is 0.166 e. The zero-order chi connectivity index (χ0) is 31.9. The largest absolute Gasteiger partial charge is 0.504 e. The molecule has 5 rings (SSSR count). The lowest BCUT2D eigenvalue weighted by atomic mass is 9.95. The minimum absolute atomic E-state index is 0.175. The van der Waals surface area contributed by atoms with Gasteiger partial charge in [0.05, 0.1) is 11.4 Å².